The molecule has 1 fully saturated rings. The Bertz CT molecular complexity index is 1070. The average Bonchev–Trinajstić information content (AvgIpc) is 3.48. The molecule has 0 amide bonds. The Labute approximate surface area is 205 Å². The van der Waals surface area contributed by atoms with Gasteiger partial charge in [0.05, 0.1) is 12.2 Å². The van der Waals surface area contributed by atoms with Crippen LogP contribution < -0.4 is 26.2 Å². The minimum Gasteiger partial charge on any atom is -0.476 e. The summed E-state index contributed by atoms with van der Waals surface area (Å²) >= 11 is 0. The molecule has 2 aromatic rings. The number of pyridine rings is 1. The van der Waals surface area contributed by atoms with Crippen molar-refractivity contribution in [3.63, 3.8) is 0 Å². The molecule has 0 saturated heterocycles. The highest BCUT2D eigenvalue weighted by atomic mass is 16.7. The van der Waals surface area contributed by atoms with Crippen LogP contribution in [0, 0.1) is 5.92 Å². The molecule has 5 rings (SSSR count). The van der Waals surface area contributed by atoms with Gasteiger partial charge in [0.2, 0.25) is 11.8 Å². The van der Waals surface area contributed by atoms with E-state index in [9.17, 15) is 0 Å². The molecule has 11 heteroatoms. The van der Waals surface area contributed by atoms with Gasteiger partial charge in [-0.3, -0.25) is 4.98 Å². The summed E-state index contributed by atoms with van der Waals surface area (Å²) in [6, 6.07) is 7.65. The van der Waals surface area contributed by atoms with Gasteiger partial charge < -0.3 is 30.5 Å². The highest BCUT2D eigenvalue weighted by molar-refractivity contribution is 5.47. The predicted molar refractivity (Wildman–Crippen MR) is 133 cm³/mol. The molecule has 35 heavy (non-hydrogen) atoms. The summed E-state index contributed by atoms with van der Waals surface area (Å²) in [4.78, 5) is 21.6. The quantitative estimate of drug-likeness (QED) is 0.379. The van der Waals surface area contributed by atoms with Gasteiger partial charge in [0.25, 0.3) is 0 Å². The first-order valence-electron chi connectivity index (χ1n) is 12.0. The van der Waals surface area contributed by atoms with Crippen molar-refractivity contribution in [3.05, 3.63) is 59.8 Å². The molecule has 2 atom stereocenters. The molecule has 1 aliphatic carbocycles. The molecular formula is C24H33N9O2. The van der Waals surface area contributed by atoms with Crippen LogP contribution >= 0.6 is 0 Å². The molecule has 0 aromatic carbocycles. The van der Waals surface area contributed by atoms with Crippen LogP contribution in [0.3, 0.4) is 0 Å². The topological polar surface area (TPSA) is 112 Å². The third-order valence-corrected chi connectivity index (χ3v) is 5.94. The Morgan fingerprint density at radius 2 is 2.11 bits per heavy atom. The first-order valence-corrected chi connectivity index (χ1v) is 12.0. The molecule has 2 aliphatic heterocycles. The molecule has 4 heterocycles. The van der Waals surface area contributed by atoms with Gasteiger partial charge in [-0.15, -0.1) is 5.06 Å². The number of hydrogen-bond donors (Lipinski definition) is 4. The number of aromatic nitrogens is 3. The van der Waals surface area contributed by atoms with Crippen molar-refractivity contribution in [1.82, 2.24) is 35.8 Å². The molecule has 0 spiro atoms. The van der Waals surface area contributed by atoms with E-state index < -0.39 is 0 Å². The third kappa shape index (κ3) is 6.18. The SMILES string of the molecule is CN(C)CCOc1cc(NC2C=C(C3CC3)NN2)nc(NCC2=CC(c3ccccn3)N(C)O2)n1. The van der Waals surface area contributed by atoms with Crippen molar-refractivity contribution >= 4 is 11.8 Å². The summed E-state index contributed by atoms with van der Waals surface area (Å²) in [7, 11) is 5.92. The molecule has 0 bridgehead atoms. The lowest BCUT2D eigenvalue weighted by atomic mass is 10.2. The Balaban J connectivity index is 1.26. The second-order valence-electron chi connectivity index (χ2n) is 9.18. The Morgan fingerprint density at radius 3 is 2.89 bits per heavy atom. The minimum absolute atomic E-state index is 0.0414. The Hall–Kier alpha value is -3.41. The first-order chi connectivity index (χ1) is 17.0. The molecule has 2 unspecified atom stereocenters. The van der Waals surface area contributed by atoms with Crippen LogP contribution in [0.15, 0.2) is 54.1 Å². The second kappa shape index (κ2) is 10.5. The largest absolute Gasteiger partial charge is 0.476 e. The highest BCUT2D eigenvalue weighted by Crippen LogP contribution is 2.36. The van der Waals surface area contributed by atoms with Gasteiger partial charge in [-0.1, -0.05) is 6.07 Å². The van der Waals surface area contributed by atoms with E-state index in [0.717, 1.165) is 18.0 Å². The van der Waals surface area contributed by atoms with Gasteiger partial charge in [0, 0.05) is 31.6 Å². The number of hydrazine groups is 1. The fourth-order valence-corrected chi connectivity index (χ4v) is 3.91. The lowest BCUT2D eigenvalue weighted by Gasteiger charge is -2.18. The number of allylic oxidation sites excluding steroid dienone is 1. The van der Waals surface area contributed by atoms with Crippen molar-refractivity contribution < 1.29 is 9.57 Å². The van der Waals surface area contributed by atoms with Gasteiger partial charge in [0.1, 0.15) is 30.4 Å². The zero-order chi connectivity index (χ0) is 24.2. The number of hydroxylamine groups is 2. The molecule has 2 aromatic heterocycles. The minimum atomic E-state index is -0.0587. The number of nitrogens with one attached hydrogen (secondary N) is 4. The number of anilines is 2. The predicted octanol–water partition coefficient (Wildman–Crippen LogP) is 1.87. The summed E-state index contributed by atoms with van der Waals surface area (Å²) in [6.45, 7) is 1.75. The number of rotatable bonds is 11. The van der Waals surface area contributed by atoms with E-state index in [-0.39, 0.29) is 12.2 Å². The van der Waals surface area contributed by atoms with Crippen molar-refractivity contribution in [2.45, 2.75) is 25.0 Å². The van der Waals surface area contributed by atoms with Gasteiger partial charge >= 0.3 is 0 Å². The zero-order valence-electron chi connectivity index (χ0n) is 20.4. The van der Waals surface area contributed by atoms with Gasteiger partial charge in [0.15, 0.2) is 0 Å². The molecule has 3 aliphatic rings. The summed E-state index contributed by atoms with van der Waals surface area (Å²) in [6.07, 6.45) is 8.43. The number of likely N-dealkylation sites (N-methyl/N-ethyl adjacent to an activating group) is 2. The van der Waals surface area contributed by atoms with Crippen molar-refractivity contribution in [1.29, 1.82) is 0 Å². The molecule has 0 radical (unpaired) electrons. The monoisotopic (exact) mass is 479 g/mol. The smallest absolute Gasteiger partial charge is 0.228 e. The van der Waals surface area contributed by atoms with E-state index in [1.165, 1.54) is 18.5 Å². The van der Waals surface area contributed by atoms with Crippen LogP contribution in [-0.2, 0) is 4.84 Å². The van der Waals surface area contributed by atoms with E-state index in [1.54, 1.807) is 11.3 Å². The van der Waals surface area contributed by atoms with Crippen molar-refractivity contribution in [3.8, 4) is 5.88 Å². The number of ether oxygens (including phenoxy) is 1. The second-order valence-corrected chi connectivity index (χ2v) is 9.18. The van der Waals surface area contributed by atoms with E-state index in [0.29, 0.717) is 36.7 Å². The maximum atomic E-state index is 5.91. The first kappa shape index (κ1) is 23.3. The molecule has 1 saturated carbocycles. The zero-order valence-corrected chi connectivity index (χ0v) is 20.4. The number of hydrogen-bond acceptors (Lipinski definition) is 11. The normalized spacial score (nSPS) is 21.8. The van der Waals surface area contributed by atoms with Crippen LogP contribution in [0.2, 0.25) is 0 Å². The van der Waals surface area contributed by atoms with Crippen LogP contribution in [-0.4, -0.2) is 71.9 Å². The Kier molecular flexibility index (Phi) is 6.98. The van der Waals surface area contributed by atoms with Gasteiger partial charge in [-0.2, -0.15) is 9.97 Å². The standard InChI is InChI=1S/C24H33N9O2/c1-32(2)10-11-34-23-14-21(27-22-13-19(30-31-22)16-7-8-16)28-24(29-23)26-15-17-12-20(33(3)35-17)18-6-4-5-9-25-18/h4-6,9,12-14,16,20,22,30-31H,7-8,10-11,15H2,1-3H3,(H2,26,27,28,29). The van der Waals surface area contributed by atoms with Crippen LogP contribution in [0.25, 0.3) is 0 Å². The van der Waals surface area contributed by atoms with Crippen LogP contribution in [0.1, 0.15) is 24.6 Å². The summed E-state index contributed by atoms with van der Waals surface area (Å²) in [5, 5.41) is 8.47. The average molecular weight is 480 g/mol. The van der Waals surface area contributed by atoms with Gasteiger partial charge in [-0.25, -0.2) is 5.43 Å². The van der Waals surface area contributed by atoms with E-state index in [2.05, 4.69) is 47.4 Å². The lowest BCUT2D eigenvalue weighted by Crippen LogP contribution is -2.37. The maximum Gasteiger partial charge on any atom is 0.228 e. The molecular weight excluding hydrogens is 446 g/mol. The lowest BCUT2D eigenvalue weighted by molar-refractivity contribution is -0.0956. The summed E-state index contributed by atoms with van der Waals surface area (Å²) < 4.78 is 5.91. The highest BCUT2D eigenvalue weighted by Gasteiger charge is 2.30. The Morgan fingerprint density at radius 1 is 1.23 bits per heavy atom. The van der Waals surface area contributed by atoms with E-state index in [1.807, 2.05) is 51.5 Å². The fourth-order valence-electron chi connectivity index (χ4n) is 3.91. The van der Waals surface area contributed by atoms with Crippen LogP contribution in [0.4, 0.5) is 11.8 Å². The van der Waals surface area contributed by atoms with E-state index in [4.69, 9.17) is 9.57 Å². The van der Waals surface area contributed by atoms with Crippen LogP contribution in [0.5, 0.6) is 5.88 Å². The van der Waals surface area contributed by atoms with E-state index >= 15 is 0 Å². The fraction of sp³-hybridized carbons (Fsp3) is 0.458. The van der Waals surface area contributed by atoms with Crippen molar-refractivity contribution in [2.75, 3.05) is 51.5 Å². The summed E-state index contributed by atoms with van der Waals surface area (Å²) in [5.41, 5.74) is 8.70. The molecule has 4 N–H and O–H groups in total. The maximum absolute atomic E-state index is 5.91. The molecule has 11 nitrogen and oxygen atoms in total. The van der Waals surface area contributed by atoms with Crippen molar-refractivity contribution in [2.24, 2.45) is 5.92 Å². The number of nitrogens with zero attached hydrogens (tertiary/aromatic N) is 5. The summed E-state index contributed by atoms with van der Waals surface area (Å²) in [5.74, 6) is 3.06. The third-order valence-electron chi connectivity index (χ3n) is 5.94. The molecule has 186 valence electrons. The van der Waals surface area contributed by atoms with Gasteiger partial charge in [-0.05, 0) is 57.1 Å².